The fourth-order valence-electron chi connectivity index (χ4n) is 3.01. The van der Waals surface area contributed by atoms with Crippen LogP contribution in [-0.4, -0.2) is 20.5 Å². The molecule has 2 N–H and O–H groups in total. The monoisotopic (exact) mass is 347 g/mol. The van der Waals surface area contributed by atoms with Crippen molar-refractivity contribution in [3.05, 3.63) is 82.9 Å². The first kappa shape index (κ1) is 15.9. The Morgan fingerprint density at radius 2 is 1.77 bits per heavy atom. The summed E-state index contributed by atoms with van der Waals surface area (Å²) in [6.45, 7) is 0.744. The number of rotatable bonds is 3. The first-order valence-electron chi connectivity index (χ1n) is 8.17. The molecule has 3 heterocycles. The molecule has 0 radical (unpaired) electrons. The van der Waals surface area contributed by atoms with Gasteiger partial charge >= 0.3 is 6.03 Å². The van der Waals surface area contributed by atoms with Crippen LogP contribution < -0.4 is 16.1 Å². The summed E-state index contributed by atoms with van der Waals surface area (Å²) in [5.41, 5.74) is 8.06. The van der Waals surface area contributed by atoms with Gasteiger partial charge in [-0.1, -0.05) is 18.2 Å². The van der Waals surface area contributed by atoms with Crippen molar-refractivity contribution >= 4 is 23.2 Å². The molecule has 0 saturated heterocycles. The highest BCUT2D eigenvalue weighted by Crippen LogP contribution is 2.36. The fraction of sp³-hybridized carbons (Fsp3) is 0.105. The molecule has 130 valence electrons. The molecule has 0 fully saturated rings. The van der Waals surface area contributed by atoms with E-state index in [9.17, 15) is 9.59 Å². The summed E-state index contributed by atoms with van der Waals surface area (Å²) < 4.78 is 1.78. The Kier molecular flexibility index (Phi) is 3.89. The first-order chi connectivity index (χ1) is 12.6. The van der Waals surface area contributed by atoms with Gasteiger partial charge in [-0.3, -0.25) is 4.79 Å². The number of nitrogen functional groups attached to an aromatic ring is 1. The van der Waals surface area contributed by atoms with Crippen molar-refractivity contribution in [3.8, 4) is 0 Å². The van der Waals surface area contributed by atoms with E-state index in [1.807, 2.05) is 24.3 Å². The number of nitrogens with two attached hydrogens (primary N) is 1. The molecule has 3 aromatic rings. The predicted molar refractivity (Wildman–Crippen MR) is 98.9 cm³/mol. The largest absolute Gasteiger partial charge is 0.397 e. The molecule has 26 heavy (non-hydrogen) atoms. The van der Waals surface area contributed by atoms with Crippen LogP contribution in [0.25, 0.3) is 0 Å². The predicted octanol–water partition coefficient (Wildman–Crippen LogP) is 2.56. The van der Waals surface area contributed by atoms with Gasteiger partial charge in [0.1, 0.15) is 5.82 Å². The molecule has 0 saturated carbocycles. The van der Waals surface area contributed by atoms with Gasteiger partial charge in [-0.05, 0) is 18.2 Å². The smallest absolute Gasteiger partial charge is 0.332 e. The number of amides is 2. The summed E-state index contributed by atoms with van der Waals surface area (Å²) in [5, 5.41) is 0. The van der Waals surface area contributed by atoms with Crippen LogP contribution in [0.1, 0.15) is 5.56 Å². The summed E-state index contributed by atoms with van der Waals surface area (Å²) in [7, 11) is 0. The van der Waals surface area contributed by atoms with Crippen molar-refractivity contribution in [1.29, 1.82) is 0 Å². The quantitative estimate of drug-likeness (QED) is 0.738. The Balaban J connectivity index is 1.75. The lowest BCUT2D eigenvalue weighted by atomic mass is 10.1. The van der Waals surface area contributed by atoms with E-state index in [1.54, 1.807) is 40.2 Å². The molecular weight excluding hydrogens is 330 g/mol. The maximum Gasteiger partial charge on any atom is 0.332 e. The van der Waals surface area contributed by atoms with Gasteiger partial charge in [-0.2, -0.15) is 0 Å². The minimum Gasteiger partial charge on any atom is -0.397 e. The van der Waals surface area contributed by atoms with Gasteiger partial charge in [-0.15, -0.1) is 0 Å². The summed E-state index contributed by atoms with van der Waals surface area (Å²) in [6.07, 6.45) is 4.99. The van der Waals surface area contributed by atoms with E-state index in [4.69, 9.17) is 5.73 Å². The molecule has 0 spiro atoms. The van der Waals surface area contributed by atoms with E-state index < -0.39 is 0 Å². The van der Waals surface area contributed by atoms with Crippen LogP contribution in [0, 0.1) is 0 Å². The number of carbonyl (C=O) groups is 1. The van der Waals surface area contributed by atoms with Crippen molar-refractivity contribution in [2.24, 2.45) is 0 Å². The van der Waals surface area contributed by atoms with Crippen molar-refractivity contribution < 1.29 is 4.79 Å². The van der Waals surface area contributed by atoms with Crippen LogP contribution in [-0.2, 0) is 13.2 Å². The highest BCUT2D eigenvalue weighted by Gasteiger charge is 2.33. The van der Waals surface area contributed by atoms with Crippen LogP contribution in [0.5, 0.6) is 0 Å². The second-order valence-electron chi connectivity index (χ2n) is 6.05. The zero-order chi connectivity index (χ0) is 18.1. The lowest BCUT2D eigenvalue weighted by molar-refractivity contribution is 0.183. The van der Waals surface area contributed by atoms with E-state index in [0.717, 1.165) is 5.56 Å². The van der Waals surface area contributed by atoms with Gasteiger partial charge < -0.3 is 15.2 Å². The van der Waals surface area contributed by atoms with Gasteiger partial charge in [0, 0.05) is 36.3 Å². The molecule has 1 aliphatic heterocycles. The Morgan fingerprint density at radius 3 is 2.54 bits per heavy atom. The number of hydrogen-bond donors (Lipinski definition) is 1. The number of benzene rings is 1. The second-order valence-corrected chi connectivity index (χ2v) is 6.05. The standard InChI is InChI=1S/C19H17N5O2/c20-16-5-1-2-6-17(16)24-18-14(4-3-9-21-18)12-23(19(24)26)13-22-10-7-15(25)8-11-22/h1-11H,12-13,20H2. The fourth-order valence-corrected chi connectivity index (χ4v) is 3.01. The summed E-state index contributed by atoms with van der Waals surface area (Å²) in [6, 6.07) is 13.7. The topological polar surface area (TPSA) is 84.5 Å². The molecule has 0 unspecified atom stereocenters. The van der Waals surface area contributed by atoms with E-state index in [1.165, 1.54) is 17.0 Å². The number of hydrogen-bond acceptors (Lipinski definition) is 4. The molecule has 0 aliphatic carbocycles. The third kappa shape index (κ3) is 2.79. The minimum absolute atomic E-state index is 0.0700. The number of fused-ring (bicyclic) bond motifs is 1. The SMILES string of the molecule is Nc1ccccc1N1C(=O)N(Cn2ccc(=O)cc2)Cc2cccnc21. The van der Waals surface area contributed by atoms with Gasteiger partial charge in [0.2, 0.25) is 0 Å². The first-order valence-corrected chi connectivity index (χ1v) is 8.17. The molecule has 0 bridgehead atoms. The van der Waals surface area contributed by atoms with Crippen LogP contribution in [0.15, 0.2) is 71.9 Å². The number of pyridine rings is 2. The van der Waals surface area contributed by atoms with Crippen molar-refractivity contribution in [1.82, 2.24) is 14.5 Å². The summed E-state index contributed by atoms with van der Waals surface area (Å²) >= 11 is 0. The molecule has 4 rings (SSSR count). The average molecular weight is 347 g/mol. The number of anilines is 3. The Bertz CT molecular complexity index is 1010. The summed E-state index contributed by atoms with van der Waals surface area (Å²) in [4.78, 5) is 32.1. The van der Waals surface area contributed by atoms with Gasteiger partial charge in [0.25, 0.3) is 0 Å². The lowest BCUT2D eigenvalue weighted by Gasteiger charge is -2.36. The lowest BCUT2D eigenvalue weighted by Crippen LogP contribution is -2.46. The third-order valence-corrected chi connectivity index (χ3v) is 4.27. The Morgan fingerprint density at radius 1 is 1.00 bits per heavy atom. The number of para-hydroxylation sites is 2. The van der Waals surface area contributed by atoms with Crippen molar-refractivity contribution in [2.75, 3.05) is 10.6 Å². The number of aromatic nitrogens is 2. The summed E-state index contributed by atoms with van der Waals surface area (Å²) in [5.74, 6) is 0.589. The zero-order valence-corrected chi connectivity index (χ0v) is 13.9. The van der Waals surface area contributed by atoms with Crippen LogP contribution in [0.4, 0.5) is 22.0 Å². The molecule has 7 heteroatoms. The van der Waals surface area contributed by atoms with E-state index in [2.05, 4.69) is 4.98 Å². The molecule has 2 amide bonds. The Labute approximate surface area is 149 Å². The molecule has 2 aromatic heterocycles. The normalized spacial score (nSPS) is 13.6. The highest BCUT2D eigenvalue weighted by molar-refractivity contribution is 6.03. The van der Waals surface area contributed by atoms with Crippen molar-refractivity contribution in [2.45, 2.75) is 13.2 Å². The number of carbonyl (C=O) groups excluding carboxylic acids is 1. The van der Waals surface area contributed by atoms with Crippen LogP contribution in [0.2, 0.25) is 0 Å². The zero-order valence-electron chi connectivity index (χ0n) is 13.9. The van der Waals surface area contributed by atoms with Crippen molar-refractivity contribution in [3.63, 3.8) is 0 Å². The van der Waals surface area contributed by atoms with Crippen LogP contribution in [0.3, 0.4) is 0 Å². The number of urea groups is 1. The average Bonchev–Trinajstić information content (AvgIpc) is 2.65. The van der Waals surface area contributed by atoms with Gasteiger partial charge in [0.15, 0.2) is 5.43 Å². The van der Waals surface area contributed by atoms with E-state index in [-0.39, 0.29) is 11.5 Å². The maximum atomic E-state index is 13.2. The minimum atomic E-state index is -0.215. The van der Waals surface area contributed by atoms with Gasteiger partial charge in [0.05, 0.1) is 24.6 Å². The second kappa shape index (κ2) is 6.36. The molecule has 0 atom stereocenters. The molecule has 7 nitrogen and oxygen atoms in total. The molecular formula is C19H17N5O2. The number of nitrogens with zero attached hydrogens (tertiary/aromatic N) is 4. The van der Waals surface area contributed by atoms with Gasteiger partial charge in [-0.25, -0.2) is 14.7 Å². The molecule has 1 aromatic carbocycles. The third-order valence-electron chi connectivity index (χ3n) is 4.27. The maximum absolute atomic E-state index is 13.2. The molecule has 1 aliphatic rings. The Hall–Kier alpha value is -3.61. The van der Waals surface area contributed by atoms with Crippen LogP contribution >= 0.6 is 0 Å². The van der Waals surface area contributed by atoms with E-state index in [0.29, 0.717) is 30.4 Å². The van der Waals surface area contributed by atoms with E-state index >= 15 is 0 Å². The highest BCUT2D eigenvalue weighted by atomic mass is 16.2.